The Morgan fingerprint density at radius 1 is 1.09 bits per heavy atom. The average molecular weight is 501 g/mol. The second-order valence-corrected chi connectivity index (χ2v) is 8.31. The minimum atomic E-state index is -0.694. The Bertz CT molecular complexity index is 1100. The van der Waals surface area contributed by atoms with E-state index < -0.39 is 18.0 Å². The van der Waals surface area contributed by atoms with Crippen molar-refractivity contribution >= 4 is 41.0 Å². The van der Waals surface area contributed by atoms with Crippen LogP contribution < -0.4 is 16.0 Å². The lowest BCUT2D eigenvalue weighted by atomic mass is 9.94. The van der Waals surface area contributed by atoms with Crippen molar-refractivity contribution in [1.82, 2.24) is 10.2 Å². The van der Waals surface area contributed by atoms with Gasteiger partial charge in [-0.15, -0.1) is 0 Å². The van der Waals surface area contributed by atoms with Crippen LogP contribution in [-0.2, 0) is 14.3 Å². The van der Waals surface area contributed by atoms with Crippen LogP contribution in [0.3, 0.4) is 0 Å². The number of hydrogen-bond acceptors (Lipinski definition) is 5. The zero-order valence-electron chi connectivity index (χ0n) is 19.9. The number of halogens is 1. The second kappa shape index (κ2) is 12.2. The monoisotopic (exact) mass is 500 g/mol. The lowest BCUT2D eigenvalue weighted by molar-refractivity contribution is -0.140. The summed E-state index contributed by atoms with van der Waals surface area (Å²) < 4.78 is 10.3. The summed E-state index contributed by atoms with van der Waals surface area (Å²) in [6.45, 7) is 4.54. The van der Waals surface area contributed by atoms with Crippen LogP contribution in [0, 0.1) is 0 Å². The number of rotatable bonds is 9. The van der Waals surface area contributed by atoms with Gasteiger partial charge in [-0.3, -0.25) is 4.90 Å². The molecule has 1 atom stereocenters. The summed E-state index contributed by atoms with van der Waals surface area (Å²) in [6, 6.07) is 12.3. The van der Waals surface area contributed by atoms with Crippen LogP contribution in [0.1, 0.15) is 31.9 Å². The predicted molar refractivity (Wildman–Crippen MR) is 134 cm³/mol. The highest BCUT2D eigenvalue weighted by Crippen LogP contribution is 2.32. The molecule has 1 heterocycles. The number of benzene rings is 2. The largest absolute Gasteiger partial charge is 0.460 e. The number of allylic oxidation sites excluding steroid dienone is 1. The Hall–Kier alpha value is -3.56. The van der Waals surface area contributed by atoms with E-state index in [0.29, 0.717) is 39.8 Å². The third-order valence-corrected chi connectivity index (χ3v) is 5.60. The van der Waals surface area contributed by atoms with Crippen LogP contribution in [0.4, 0.5) is 21.0 Å². The van der Waals surface area contributed by atoms with Crippen molar-refractivity contribution in [3.05, 3.63) is 70.4 Å². The van der Waals surface area contributed by atoms with Gasteiger partial charge in [-0.2, -0.15) is 0 Å². The lowest BCUT2D eigenvalue weighted by Gasteiger charge is -2.35. The molecular weight excluding hydrogens is 472 g/mol. The Morgan fingerprint density at radius 2 is 1.80 bits per heavy atom. The van der Waals surface area contributed by atoms with Crippen molar-refractivity contribution in [2.75, 3.05) is 37.5 Å². The van der Waals surface area contributed by atoms with Gasteiger partial charge in [-0.25, -0.2) is 14.4 Å². The van der Waals surface area contributed by atoms with E-state index >= 15 is 0 Å². The van der Waals surface area contributed by atoms with Gasteiger partial charge in [0.25, 0.3) is 0 Å². The maximum atomic E-state index is 12.9. The number of carbonyl (C=O) groups is 3. The predicted octanol–water partition coefficient (Wildman–Crippen LogP) is 4.92. The minimum Gasteiger partial charge on any atom is -0.460 e. The summed E-state index contributed by atoms with van der Waals surface area (Å²) in [6.07, 6.45) is 0.735. The number of methoxy groups -OCH3 is 1. The van der Waals surface area contributed by atoms with Crippen molar-refractivity contribution in [1.29, 1.82) is 0 Å². The van der Waals surface area contributed by atoms with Crippen LogP contribution >= 0.6 is 11.6 Å². The summed E-state index contributed by atoms with van der Waals surface area (Å²) in [5.41, 5.74) is 2.67. The first-order valence-corrected chi connectivity index (χ1v) is 11.6. The molecule has 3 rings (SSSR count). The molecule has 0 saturated heterocycles. The molecule has 9 nitrogen and oxygen atoms in total. The van der Waals surface area contributed by atoms with Gasteiger partial charge in [0.1, 0.15) is 6.61 Å². The van der Waals surface area contributed by atoms with E-state index in [2.05, 4.69) is 16.0 Å². The highest BCUT2D eigenvalue weighted by Gasteiger charge is 2.36. The zero-order valence-corrected chi connectivity index (χ0v) is 20.6. The van der Waals surface area contributed by atoms with Crippen molar-refractivity contribution in [2.24, 2.45) is 0 Å². The molecule has 186 valence electrons. The van der Waals surface area contributed by atoms with Gasteiger partial charge < -0.3 is 25.4 Å². The normalized spacial score (nSPS) is 15.5. The Labute approximate surface area is 209 Å². The summed E-state index contributed by atoms with van der Waals surface area (Å²) in [4.78, 5) is 39.6. The highest BCUT2D eigenvalue weighted by atomic mass is 35.5. The molecule has 0 fully saturated rings. The Kier molecular flexibility index (Phi) is 9.11. The molecule has 3 N–H and O–H groups in total. The SMILES string of the molecule is CCCN1C(=O)NC(c2ccc(NC(=O)Nc3cccc(Cl)c3)cc2)C(C(=O)OCCOC)=C1C. The van der Waals surface area contributed by atoms with E-state index in [4.69, 9.17) is 21.1 Å². The van der Waals surface area contributed by atoms with Crippen molar-refractivity contribution in [3.8, 4) is 0 Å². The maximum Gasteiger partial charge on any atom is 0.338 e. The maximum absolute atomic E-state index is 12.9. The lowest BCUT2D eigenvalue weighted by Crippen LogP contribution is -2.48. The van der Waals surface area contributed by atoms with Gasteiger partial charge in [-0.1, -0.05) is 36.7 Å². The summed E-state index contributed by atoms with van der Waals surface area (Å²) >= 11 is 5.95. The van der Waals surface area contributed by atoms with E-state index in [-0.39, 0.29) is 19.2 Å². The smallest absolute Gasteiger partial charge is 0.338 e. The molecule has 0 bridgehead atoms. The number of urea groups is 2. The molecule has 0 spiro atoms. The standard InChI is InChI=1S/C25H29ClN4O5/c1-4-12-30-16(2)21(23(31)35-14-13-34-3)22(29-25(30)33)17-8-10-19(11-9-17)27-24(32)28-20-7-5-6-18(26)15-20/h5-11,15,22H,4,12-14H2,1-3H3,(H,29,33)(H2,27,28,32). The molecule has 0 saturated carbocycles. The van der Waals surface area contributed by atoms with E-state index in [0.717, 1.165) is 6.42 Å². The minimum absolute atomic E-state index is 0.102. The Balaban J connectivity index is 1.78. The fourth-order valence-corrected chi connectivity index (χ4v) is 3.89. The number of nitrogens with one attached hydrogen (secondary N) is 3. The molecular formula is C25H29ClN4O5. The van der Waals surface area contributed by atoms with Crippen molar-refractivity contribution in [2.45, 2.75) is 26.3 Å². The van der Waals surface area contributed by atoms with Gasteiger partial charge in [-0.05, 0) is 49.2 Å². The first-order chi connectivity index (χ1) is 16.8. The van der Waals surface area contributed by atoms with Gasteiger partial charge in [0, 0.05) is 35.7 Å². The topological polar surface area (TPSA) is 109 Å². The second-order valence-electron chi connectivity index (χ2n) is 7.87. The van der Waals surface area contributed by atoms with Crippen molar-refractivity contribution < 1.29 is 23.9 Å². The fraction of sp³-hybridized carbons (Fsp3) is 0.320. The number of hydrogen-bond donors (Lipinski definition) is 3. The van der Waals surface area contributed by atoms with E-state index in [1.54, 1.807) is 60.4 Å². The quantitative estimate of drug-likeness (QED) is 0.334. The number of amides is 4. The number of anilines is 2. The first kappa shape index (κ1) is 26.1. The fourth-order valence-electron chi connectivity index (χ4n) is 3.70. The molecule has 0 aliphatic carbocycles. The summed E-state index contributed by atoms with van der Waals surface area (Å²) in [7, 11) is 1.52. The van der Waals surface area contributed by atoms with Gasteiger partial charge in [0.15, 0.2) is 0 Å². The molecule has 10 heteroatoms. The molecule has 2 aromatic rings. The van der Waals surface area contributed by atoms with Crippen LogP contribution in [0.15, 0.2) is 59.8 Å². The number of nitrogens with zero attached hydrogens (tertiary/aromatic N) is 1. The van der Waals surface area contributed by atoms with E-state index in [9.17, 15) is 14.4 Å². The molecule has 0 aromatic heterocycles. The number of carbonyl (C=O) groups excluding carboxylic acids is 3. The zero-order chi connectivity index (χ0) is 25.4. The average Bonchev–Trinajstić information content (AvgIpc) is 2.82. The van der Waals surface area contributed by atoms with Crippen LogP contribution in [0.2, 0.25) is 5.02 Å². The summed E-state index contributed by atoms with van der Waals surface area (Å²) in [5, 5.41) is 8.87. The third-order valence-electron chi connectivity index (χ3n) is 5.37. The molecule has 1 aliphatic heterocycles. The van der Waals surface area contributed by atoms with Crippen LogP contribution in [-0.4, -0.2) is 49.8 Å². The third kappa shape index (κ3) is 6.74. The van der Waals surface area contributed by atoms with E-state index in [1.165, 1.54) is 7.11 Å². The van der Waals surface area contributed by atoms with Gasteiger partial charge in [0.05, 0.1) is 18.2 Å². The van der Waals surface area contributed by atoms with Crippen LogP contribution in [0.25, 0.3) is 0 Å². The summed E-state index contributed by atoms with van der Waals surface area (Å²) in [5.74, 6) is -0.520. The molecule has 1 aliphatic rings. The molecule has 0 radical (unpaired) electrons. The van der Waals surface area contributed by atoms with Crippen LogP contribution in [0.5, 0.6) is 0 Å². The number of ether oxygens (including phenoxy) is 2. The van der Waals surface area contributed by atoms with Crippen molar-refractivity contribution in [3.63, 3.8) is 0 Å². The molecule has 2 aromatic carbocycles. The molecule has 1 unspecified atom stereocenters. The van der Waals surface area contributed by atoms with Gasteiger partial charge in [0.2, 0.25) is 0 Å². The Morgan fingerprint density at radius 3 is 2.46 bits per heavy atom. The molecule has 35 heavy (non-hydrogen) atoms. The van der Waals surface area contributed by atoms with Gasteiger partial charge >= 0.3 is 18.0 Å². The number of esters is 1. The molecule has 4 amide bonds. The first-order valence-electron chi connectivity index (χ1n) is 11.2. The van der Waals surface area contributed by atoms with E-state index in [1.807, 2.05) is 6.92 Å². The highest BCUT2D eigenvalue weighted by molar-refractivity contribution is 6.30.